The molecule has 1 aromatic heterocycles. The summed E-state index contributed by atoms with van der Waals surface area (Å²) in [5.41, 5.74) is 1.18. The maximum Gasteiger partial charge on any atom is 0.168 e. The summed E-state index contributed by atoms with van der Waals surface area (Å²) in [6.45, 7) is 4.34. The maximum absolute atomic E-state index is 14.3. The molecule has 1 heterocycles. The van der Waals surface area contributed by atoms with Gasteiger partial charge in [0.05, 0.1) is 6.61 Å². The Bertz CT molecular complexity index is 648. The fraction of sp³-hybridized carbons (Fsp3) is 0.250. The average Bonchev–Trinajstić information content (AvgIpc) is 2.46. The first-order valence-corrected chi connectivity index (χ1v) is 6.55. The Kier molecular flexibility index (Phi) is 4.75. The molecule has 2 rings (SSSR count). The number of rotatable bonds is 5. The smallest absolute Gasteiger partial charge is 0.168 e. The van der Waals surface area contributed by atoms with Gasteiger partial charge in [-0.3, -0.25) is 4.79 Å². The molecule has 0 spiro atoms. The number of ether oxygens (including phenoxy) is 1. The van der Waals surface area contributed by atoms with Gasteiger partial charge in [-0.15, -0.1) is 0 Å². The zero-order valence-electron chi connectivity index (χ0n) is 11.8. The molecule has 0 bridgehead atoms. The van der Waals surface area contributed by atoms with Gasteiger partial charge in [0.25, 0.3) is 0 Å². The van der Waals surface area contributed by atoms with Crippen molar-refractivity contribution in [2.24, 2.45) is 0 Å². The van der Waals surface area contributed by atoms with Gasteiger partial charge in [0.15, 0.2) is 6.29 Å². The number of carbonyl (C=O) groups is 1. The number of aryl methyl sites for hydroxylation is 1. The van der Waals surface area contributed by atoms with Crippen molar-refractivity contribution >= 4 is 6.29 Å². The van der Waals surface area contributed by atoms with Gasteiger partial charge in [-0.1, -0.05) is 6.07 Å². The van der Waals surface area contributed by atoms with Crippen LogP contribution in [0.15, 0.2) is 24.3 Å². The maximum atomic E-state index is 14.3. The Hall–Kier alpha value is -2.14. The lowest BCUT2D eigenvalue weighted by atomic mass is 10.0. The minimum atomic E-state index is -0.667. The van der Waals surface area contributed by atoms with Crippen LogP contribution in [0.25, 0.3) is 11.3 Å². The zero-order valence-corrected chi connectivity index (χ0v) is 11.8. The highest BCUT2D eigenvalue weighted by atomic mass is 19.1. The number of carbonyl (C=O) groups excluding carboxylic acids is 1. The number of pyridine rings is 1. The number of benzene rings is 1. The van der Waals surface area contributed by atoms with Gasteiger partial charge < -0.3 is 4.74 Å². The first kappa shape index (κ1) is 15.3. The average molecular weight is 291 g/mol. The minimum Gasteiger partial charge on any atom is -0.377 e. The van der Waals surface area contributed by atoms with Crippen LogP contribution in [0.1, 0.15) is 28.5 Å². The summed E-state index contributed by atoms with van der Waals surface area (Å²) >= 11 is 0. The molecule has 0 amide bonds. The number of aldehydes is 1. The molecule has 1 aromatic carbocycles. The summed E-state index contributed by atoms with van der Waals surface area (Å²) in [5.74, 6) is -1.25. The Labute approximate surface area is 121 Å². The van der Waals surface area contributed by atoms with Crippen molar-refractivity contribution in [3.05, 3.63) is 52.7 Å². The lowest BCUT2D eigenvalue weighted by Gasteiger charge is -2.11. The molecule has 0 N–H and O–H groups in total. The van der Waals surface area contributed by atoms with Crippen LogP contribution in [0.5, 0.6) is 0 Å². The number of halogens is 2. The van der Waals surface area contributed by atoms with E-state index in [2.05, 4.69) is 4.98 Å². The normalized spacial score (nSPS) is 10.7. The van der Waals surface area contributed by atoms with E-state index < -0.39 is 11.6 Å². The predicted molar refractivity (Wildman–Crippen MR) is 75.0 cm³/mol. The van der Waals surface area contributed by atoms with Crippen molar-refractivity contribution in [1.29, 1.82) is 0 Å². The van der Waals surface area contributed by atoms with Crippen LogP contribution in [-0.4, -0.2) is 17.9 Å². The van der Waals surface area contributed by atoms with Crippen LogP contribution in [0, 0.1) is 18.6 Å². The third-order valence-corrected chi connectivity index (χ3v) is 3.05. The molecule has 0 fully saturated rings. The van der Waals surface area contributed by atoms with Gasteiger partial charge >= 0.3 is 0 Å². The van der Waals surface area contributed by atoms with Crippen molar-refractivity contribution < 1.29 is 18.3 Å². The zero-order chi connectivity index (χ0) is 15.4. The Morgan fingerprint density at radius 1 is 1.24 bits per heavy atom. The first-order valence-electron chi connectivity index (χ1n) is 6.55. The molecule has 0 radical (unpaired) electrons. The van der Waals surface area contributed by atoms with Crippen LogP contribution in [0.2, 0.25) is 0 Å². The standard InChI is InChI=1S/C16H15F2NO2/c1-3-21-9-11-6-10(2)15(14(18)7-11)16-13(17)5-4-12(8-20)19-16/h4-8H,3,9H2,1-2H3. The number of aromatic nitrogens is 1. The van der Waals surface area contributed by atoms with Gasteiger partial charge in [-0.05, 0) is 43.2 Å². The van der Waals surface area contributed by atoms with E-state index in [-0.39, 0.29) is 17.0 Å². The monoisotopic (exact) mass is 291 g/mol. The second-order valence-corrected chi connectivity index (χ2v) is 4.59. The van der Waals surface area contributed by atoms with E-state index >= 15 is 0 Å². The predicted octanol–water partition coefficient (Wildman–Crippen LogP) is 3.68. The molecule has 5 heteroatoms. The molecule has 0 aliphatic heterocycles. The van der Waals surface area contributed by atoms with Gasteiger partial charge in [0.2, 0.25) is 0 Å². The molecule has 110 valence electrons. The van der Waals surface area contributed by atoms with Crippen LogP contribution < -0.4 is 0 Å². The lowest BCUT2D eigenvalue weighted by Crippen LogP contribution is -2.01. The van der Waals surface area contributed by atoms with E-state index in [0.717, 1.165) is 6.07 Å². The minimum absolute atomic E-state index is 0.0589. The number of hydrogen-bond acceptors (Lipinski definition) is 3. The number of hydrogen-bond donors (Lipinski definition) is 0. The van der Waals surface area contributed by atoms with E-state index in [4.69, 9.17) is 4.74 Å². The lowest BCUT2D eigenvalue weighted by molar-refractivity contribution is 0.111. The Balaban J connectivity index is 2.51. The summed E-state index contributed by atoms with van der Waals surface area (Å²) in [6.07, 6.45) is 0.500. The molecule has 0 atom stereocenters. The Morgan fingerprint density at radius 3 is 2.62 bits per heavy atom. The van der Waals surface area contributed by atoms with Crippen molar-refractivity contribution in [3.63, 3.8) is 0 Å². The second kappa shape index (κ2) is 6.54. The molecule has 0 aliphatic rings. The molecule has 0 saturated carbocycles. The molecule has 0 saturated heterocycles. The van der Waals surface area contributed by atoms with E-state index in [1.54, 1.807) is 13.0 Å². The Morgan fingerprint density at radius 2 is 2.00 bits per heavy atom. The third-order valence-electron chi connectivity index (χ3n) is 3.05. The van der Waals surface area contributed by atoms with E-state index in [1.165, 1.54) is 12.1 Å². The second-order valence-electron chi connectivity index (χ2n) is 4.59. The van der Waals surface area contributed by atoms with Crippen molar-refractivity contribution in [3.8, 4) is 11.3 Å². The van der Waals surface area contributed by atoms with E-state index in [9.17, 15) is 13.6 Å². The highest BCUT2D eigenvalue weighted by Crippen LogP contribution is 2.28. The third kappa shape index (κ3) is 3.31. The highest BCUT2D eigenvalue weighted by Gasteiger charge is 2.16. The fourth-order valence-electron chi connectivity index (χ4n) is 2.12. The van der Waals surface area contributed by atoms with Crippen LogP contribution in [-0.2, 0) is 11.3 Å². The largest absolute Gasteiger partial charge is 0.377 e. The van der Waals surface area contributed by atoms with E-state index in [1.807, 2.05) is 6.92 Å². The van der Waals surface area contributed by atoms with Gasteiger partial charge in [-0.25, -0.2) is 13.8 Å². The summed E-state index contributed by atoms with van der Waals surface area (Å²) < 4.78 is 33.4. The van der Waals surface area contributed by atoms with Crippen molar-refractivity contribution in [2.45, 2.75) is 20.5 Å². The van der Waals surface area contributed by atoms with Crippen LogP contribution in [0.4, 0.5) is 8.78 Å². The highest BCUT2D eigenvalue weighted by molar-refractivity contribution is 5.75. The van der Waals surface area contributed by atoms with Gasteiger partial charge in [-0.2, -0.15) is 0 Å². The molecule has 3 nitrogen and oxygen atoms in total. The topological polar surface area (TPSA) is 39.2 Å². The molecular weight excluding hydrogens is 276 g/mol. The summed E-state index contributed by atoms with van der Waals surface area (Å²) in [6, 6.07) is 5.39. The summed E-state index contributed by atoms with van der Waals surface area (Å²) in [7, 11) is 0. The summed E-state index contributed by atoms with van der Waals surface area (Å²) in [4.78, 5) is 14.6. The molecule has 21 heavy (non-hydrogen) atoms. The molecule has 2 aromatic rings. The SMILES string of the molecule is CCOCc1cc(C)c(-c2nc(C=O)ccc2F)c(F)c1. The van der Waals surface area contributed by atoms with Crippen molar-refractivity contribution in [1.82, 2.24) is 4.98 Å². The molecular formula is C16H15F2NO2. The van der Waals surface area contributed by atoms with Gasteiger partial charge in [0.1, 0.15) is 23.0 Å². The van der Waals surface area contributed by atoms with Crippen LogP contribution >= 0.6 is 0 Å². The first-order chi connectivity index (χ1) is 10.1. The van der Waals surface area contributed by atoms with E-state index in [0.29, 0.717) is 30.6 Å². The number of nitrogens with zero attached hydrogens (tertiary/aromatic N) is 1. The molecule has 0 aliphatic carbocycles. The molecule has 0 unspecified atom stereocenters. The fourth-order valence-corrected chi connectivity index (χ4v) is 2.12. The summed E-state index contributed by atoms with van der Waals surface area (Å²) in [5, 5.41) is 0. The van der Waals surface area contributed by atoms with Gasteiger partial charge in [0, 0.05) is 12.2 Å². The quantitative estimate of drug-likeness (QED) is 0.789. The van der Waals surface area contributed by atoms with Crippen LogP contribution in [0.3, 0.4) is 0 Å². The van der Waals surface area contributed by atoms with Crippen molar-refractivity contribution in [2.75, 3.05) is 6.61 Å².